The molecule has 0 aromatic carbocycles. The first kappa shape index (κ1) is 57.4. The van der Waals surface area contributed by atoms with E-state index in [0.717, 1.165) is 89.9 Å². The second kappa shape index (κ2) is 49.0. The highest BCUT2D eigenvalue weighted by Gasteiger charge is 2.19. The Morgan fingerprint density at radius 3 is 1.05 bits per heavy atom. The van der Waals surface area contributed by atoms with Gasteiger partial charge in [0.05, 0.1) is 0 Å². The van der Waals surface area contributed by atoms with Crippen LogP contribution in [0.3, 0.4) is 0 Å². The molecule has 0 radical (unpaired) electrons. The molecular formula is C54H96O6. The number of hydrogen-bond acceptors (Lipinski definition) is 6. The van der Waals surface area contributed by atoms with E-state index in [9.17, 15) is 14.4 Å². The zero-order valence-corrected chi connectivity index (χ0v) is 39.7. The first-order chi connectivity index (χ1) is 29.5. The minimum absolute atomic E-state index is 0.0826. The van der Waals surface area contributed by atoms with Gasteiger partial charge in [0.2, 0.25) is 0 Å². The summed E-state index contributed by atoms with van der Waals surface area (Å²) in [4.78, 5) is 37.9. The van der Waals surface area contributed by atoms with Gasteiger partial charge in [0.1, 0.15) is 13.2 Å². The second-order valence-electron chi connectivity index (χ2n) is 17.0. The summed E-state index contributed by atoms with van der Waals surface area (Å²) in [5.74, 6) is -0.903. The maximum Gasteiger partial charge on any atom is 0.306 e. The van der Waals surface area contributed by atoms with E-state index in [-0.39, 0.29) is 31.1 Å². The zero-order chi connectivity index (χ0) is 43.7. The van der Waals surface area contributed by atoms with Crippen molar-refractivity contribution < 1.29 is 28.6 Å². The van der Waals surface area contributed by atoms with Crippen LogP contribution in [0, 0.1) is 0 Å². The predicted molar refractivity (Wildman–Crippen MR) is 256 cm³/mol. The quantitative estimate of drug-likeness (QED) is 0.0263. The molecule has 60 heavy (non-hydrogen) atoms. The summed E-state index contributed by atoms with van der Waals surface area (Å²) < 4.78 is 16.8. The van der Waals surface area contributed by atoms with E-state index in [2.05, 4.69) is 69.4 Å². The van der Waals surface area contributed by atoms with Gasteiger partial charge in [-0.25, -0.2) is 0 Å². The lowest BCUT2D eigenvalue weighted by Gasteiger charge is -2.18. The molecule has 0 rings (SSSR count). The lowest BCUT2D eigenvalue weighted by molar-refractivity contribution is -0.167. The average molecular weight is 841 g/mol. The second-order valence-corrected chi connectivity index (χ2v) is 17.0. The third kappa shape index (κ3) is 46.4. The van der Waals surface area contributed by atoms with Crippen LogP contribution < -0.4 is 0 Å². The van der Waals surface area contributed by atoms with Crippen molar-refractivity contribution in [3.05, 3.63) is 48.6 Å². The highest BCUT2D eigenvalue weighted by molar-refractivity contribution is 5.71. The molecule has 0 aliphatic rings. The largest absolute Gasteiger partial charge is 0.462 e. The molecule has 6 heteroatoms. The fourth-order valence-electron chi connectivity index (χ4n) is 7.17. The fraction of sp³-hybridized carbons (Fsp3) is 0.796. The molecule has 1 atom stereocenters. The molecule has 0 saturated carbocycles. The predicted octanol–water partition coefficient (Wildman–Crippen LogP) is 16.7. The van der Waals surface area contributed by atoms with Gasteiger partial charge in [-0.2, -0.15) is 0 Å². The van der Waals surface area contributed by atoms with Crippen LogP contribution in [-0.4, -0.2) is 37.2 Å². The van der Waals surface area contributed by atoms with E-state index in [4.69, 9.17) is 14.2 Å². The molecule has 0 aliphatic carbocycles. The maximum absolute atomic E-state index is 12.8. The molecular weight excluding hydrogens is 745 g/mol. The van der Waals surface area contributed by atoms with E-state index in [1.54, 1.807) is 0 Å². The van der Waals surface area contributed by atoms with Gasteiger partial charge in [0.25, 0.3) is 0 Å². The summed E-state index contributed by atoms with van der Waals surface area (Å²) in [7, 11) is 0. The minimum Gasteiger partial charge on any atom is -0.462 e. The average Bonchev–Trinajstić information content (AvgIpc) is 3.24. The highest BCUT2D eigenvalue weighted by atomic mass is 16.6. The molecule has 0 aromatic rings. The summed E-state index contributed by atoms with van der Waals surface area (Å²) >= 11 is 0. The van der Waals surface area contributed by atoms with Gasteiger partial charge in [0, 0.05) is 19.3 Å². The first-order valence-electron chi connectivity index (χ1n) is 25.6. The summed E-state index contributed by atoms with van der Waals surface area (Å²) in [6, 6.07) is 0. The smallest absolute Gasteiger partial charge is 0.306 e. The van der Waals surface area contributed by atoms with Crippen LogP contribution in [0.4, 0.5) is 0 Å². The van der Waals surface area contributed by atoms with Gasteiger partial charge in [0.15, 0.2) is 6.10 Å². The number of ether oxygens (including phenoxy) is 3. The van der Waals surface area contributed by atoms with E-state index < -0.39 is 6.10 Å². The summed E-state index contributed by atoms with van der Waals surface area (Å²) in [5, 5.41) is 0. The van der Waals surface area contributed by atoms with Crippen molar-refractivity contribution in [2.75, 3.05) is 13.2 Å². The highest BCUT2D eigenvalue weighted by Crippen LogP contribution is 2.14. The number of hydrogen-bond donors (Lipinski definition) is 0. The fourth-order valence-corrected chi connectivity index (χ4v) is 7.17. The molecule has 0 N–H and O–H groups in total. The van der Waals surface area contributed by atoms with Crippen LogP contribution in [0.5, 0.6) is 0 Å². The van der Waals surface area contributed by atoms with Crippen molar-refractivity contribution in [3.63, 3.8) is 0 Å². The molecule has 0 aliphatic heterocycles. The summed E-state index contributed by atoms with van der Waals surface area (Å²) in [6.45, 7) is 6.49. The summed E-state index contributed by atoms with van der Waals surface area (Å²) in [5.41, 5.74) is 0. The van der Waals surface area contributed by atoms with Crippen LogP contribution in [-0.2, 0) is 28.6 Å². The molecule has 0 aromatic heterocycles. The van der Waals surface area contributed by atoms with E-state index in [1.165, 1.54) is 128 Å². The Morgan fingerprint density at radius 2 is 0.650 bits per heavy atom. The summed E-state index contributed by atoms with van der Waals surface area (Å²) in [6.07, 6.45) is 58.1. The van der Waals surface area contributed by atoms with Crippen molar-refractivity contribution in [3.8, 4) is 0 Å². The van der Waals surface area contributed by atoms with Crippen LogP contribution in [0.1, 0.15) is 258 Å². The molecule has 0 spiro atoms. The Labute approximate surface area is 371 Å². The van der Waals surface area contributed by atoms with Crippen molar-refractivity contribution >= 4 is 17.9 Å². The first-order valence-corrected chi connectivity index (χ1v) is 25.6. The molecule has 0 saturated heterocycles. The number of rotatable bonds is 46. The lowest BCUT2D eigenvalue weighted by atomic mass is 10.1. The molecule has 6 nitrogen and oxygen atoms in total. The van der Waals surface area contributed by atoms with Crippen LogP contribution in [0.25, 0.3) is 0 Å². The SMILES string of the molecule is CC/C=C\C/C=C\CCCCCCCCCC(=O)OC(COC(=O)CCCCCCC/C=C\CCCCC)COC(=O)CCCCCCC/C=C\CCCCCCCCC. The molecule has 1 unspecified atom stereocenters. The van der Waals surface area contributed by atoms with Crippen molar-refractivity contribution in [1.29, 1.82) is 0 Å². The number of allylic oxidation sites excluding steroid dienone is 8. The number of esters is 3. The van der Waals surface area contributed by atoms with Gasteiger partial charge in [-0.05, 0) is 96.3 Å². The standard InChI is InChI=1S/C54H96O6/c1-4-7-10-13-16-19-22-25-27-28-30-32-35-38-41-44-47-53(56)59-50-51(49-58-52(55)46-43-40-37-34-31-24-21-18-15-12-9-6-3)60-54(57)48-45-42-39-36-33-29-26-23-20-17-14-11-8-5-2/h8,11,17-18,20-21,27-28,51H,4-7,9-10,12-16,19,22-26,29-50H2,1-3H3/b11-8-,20-17-,21-18-,28-27-. The molecule has 0 heterocycles. The minimum atomic E-state index is -0.781. The Bertz CT molecular complexity index is 1060. The monoisotopic (exact) mass is 841 g/mol. The van der Waals surface area contributed by atoms with Crippen molar-refractivity contribution in [1.82, 2.24) is 0 Å². The van der Waals surface area contributed by atoms with Gasteiger partial charge in [-0.3, -0.25) is 14.4 Å². The number of carbonyl (C=O) groups is 3. The number of unbranched alkanes of at least 4 members (excludes halogenated alkanes) is 27. The Balaban J connectivity index is 4.38. The van der Waals surface area contributed by atoms with Crippen molar-refractivity contribution in [2.45, 2.75) is 264 Å². The van der Waals surface area contributed by atoms with E-state index >= 15 is 0 Å². The van der Waals surface area contributed by atoms with E-state index in [1.807, 2.05) is 0 Å². The Morgan fingerprint density at radius 1 is 0.350 bits per heavy atom. The van der Waals surface area contributed by atoms with E-state index in [0.29, 0.717) is 19.3 Å². The normalized spacial score (nSPS) is 12.4. The Hall–Kier alpha value is -2.63. The maximum atomic E-state index is 12.8. The van der Waals surface area contributed by atoms with Crippen LogP contribution in [0.2, 0.25) is 0 Å². The third-order valence-corrected chi connectivity index (χ3v) is 11.0. The Kier molecular flexibility index (Phi) is 46.9. The lowest BCUT2D eigenvalue weighted by Crippen LogP contribution is -2.30. The molecule has 0 fully saturated rings. The number of carbonyl (C=O) groups excluding carboxylic acids is 3. The van der Waals surface area contributed by atoms with Gasteiger partial charge < -0.3 is 14.2 Å². The van der Waals surface area contributed by atoms with Crippen molar-refractivity contribution in [2.24, 2.45) is 0 Å². The zero-order valence-electron chi connectivity index (χ0n) is 39.7. The third-order valence-electron chi connectivity index (χ3n) is 11.0. The van der Waals surface area contributed by atoms with Gasteiger partial charge >= 0.3 is 17.9 Å². The van der Waals surface area contributed by atoms with Gasteiger partial charge in [-0.15, -0.1) is 0 Å². The molecule has 348 valence electrons. The topological polar surface area (TPSA) is 78.9 Å². The van der Waals surface area contributed by atoms with Gasteiger partial charge in [-0.1, -0.05) is 191 Å². The molecule has 0 amide bonds. The molecule has 0 bridgehead atoms. The van der Waals surface area contributed by atoms with Crippen LogP contribution >= 0.6 is 0 Å². The van der Waals surface area contributed by atoms with Crippen LogP contribution in [0.15, 0.2) is 48.6 Å².